The van der Waals surface area contributed by atoms with Crippen molar-refractivity contribution < 1.29 is 22.8 Å². The molecule has 0 fully saturated rings. The number of hydrogen-bond donors (Lipinski definition) is 1. The molecule has 34 heavy (non-hydrogen) atoms. The van der Waals surface area contributed by atoms with Gasteiger partial charge in [0.25, 0.3) is 5.91 Å². The molecular weight excluding hydrogens is 461 g/mol. The van der Waals surface area contributed by atoms with Gasteiger partial charge in [0.05, 0.1) is 22.7 Å². The zero-order valence-electron chi connectivity index (χ0n) is 18.2. The Bertz CT molecular complexity index is 1310. The van der Waals surface area contributed by atoms with Gasteiger partial charge in [0.15, 0.2) is 5.78 Å². The first-order valence-corrected chi connectivity index (χ1v) is 11.5. The van der Waals surface area contributed by atoms with Crippen molar-refractivity contribution in [3.8, 4) is 5.69 Å². The minimum atomic E-state index is -4.59. The molecule has 1 amide bonds. The molecule has 2 aromatic heterocycles. The Kier molecular flexibility index (Phi) is 6.70. The van der Waals surface area contributed by atoms with E-state index in [1.807, 2.05) is 13.0 Å². The maximum absolute atomic E-state index is 13.5. The van der Waals surface area contributed by atoms with Crippen molar-refractivity contribution in [2.45, 2.75) is 26.1 Å². The molecule has 0 aliphatic rings. The van der Waals surface area contributed by atoms with Gasteiger partial charge in [-0.3, -0.25) is 9.59 Å². The topological polar surface area (TPSA) is 51.1 Å². The van der Waals surface area contributed by atoms with Crippen molar-refractivity contribution in [3.63, 3.8) is 0 Å². The minimum absolute atomic E-state index is 0.0647. The van der Waals surface area contributed by atoms with Crippen LogP contribution in [0.4, 0.5) is 13.2 Å². The summed E-state index contributed by atoms with van der Waals surface area (Å²) in [5, 5.41) is 4.65. The highest BCUT2D eigenvalue weighted by Crippen LogP contribution is 2.33. The van der Waals surface area contributed by atoms with E-state index in [9.17, 15) is 22.8 Å². The fourth-order valence-electron chi connectivity index (χ4n) is 3.64. The number of thiophene rings is 1. The number of nitrogens with zero attached hydrogens (tertiary/aromatic N) is 1. The Hall–Kier alpha value is -3.65. The molecular formula is C26H21F3N2O2S. The standard InChI is InChI=1S/C26H21F3N2O2S/c1-2-17-13-20(15-30-25(33)23-9-6-12-34-23)31(16-17)22-11-10-19(26(27,28)29)14-21(22)24(32)18-7-4-3-5-8-18/h3-14,16H,2,15H2,1H3,(H,30,33). The highest BCUT2D eigenvalue weighted by atomic mass is 32.1. The highest BCUT2D eigenvalue weighted by Gasteiger charge is 2.32. The third kappa shape index (κ3) is 4.97. The summed E-state index contributed by atoms with van der Waals surface area (Å²) in [5.74, 6) is -0.754. The van der Waals surface area contributed by atoms with Crippen LogP contribution < -0.4 is 5.32 Å². The number of benzene rings is 2. The lowest BCUT2D eigenvalue weighted by Gasteiger charge is -2.16. The molecule has 174 valence electrons. The summed E-state index contributed by atoms with van der Waals surface area (Å²) in [6, 6.07) is 16.7. The van der Waals surface area contributed by atoms with Gasteiger partial charge in [-0.25, -0.2) is 0 Å². The van der Waals surface area contributed by atoms with Gasteiger partial charge in [0, 0.05) is 23.0 Å². The van der Waals surface area contributed by atoms with Gasteiger partial charge in [-0.2, -0.15) is 13.2 Å². The maximum Gasteiger partial charge on any atom is 0.416 e. The second-order valence-corrected chi connectivity index (χ2v) is 8.60. The van der Waals surface area contributed by atoms with Crippen LogP contribution >= 0.6 is 11.3 Å². The molecule has 0 spiro atoms. The number of carbonyl (C=O) groups is 2. The van der Waals surface area contributed by atoms with Gasteiger partial charge >= 0.3 is 6.18 Å². The number of alkyl halides is 3. The average Bonchev–Trinajstić information content (AvgIpc) is 3.52. The normalized spacial score (nSPS) is 11.4. The number of rotatable bonds is 7. The molecule has 0 radical (unpaired) electrons. The zero-order valence-corrected chi connectivity index (χ0v) is 19.0. The molecule has 8 heteroatoms. The number of nitrogens with one attached hydrogen (secondary N) is 1. The fraction of sp³-hybridized carbons (Fsp3) is 0.154. The number of amides is 1. The Morgan fingerprint density at radius 3 is 2.41 bits per heavy atom. The first-order chi connectivity index (χ1) is 16.3. The fourth-order valence-corrected chi connectivity index (χ4v) is 4.28. The molecule has 4 aromatic rings. The first kappa shape index (κ1) is 23.5. The summed E-state index contributed by atoms with van der Waals surface area (Å²) in [6.07, 6.45) is -2.12. The number of aromatic nitrogens is 1. The SMILES string of the molecule is CCc1cc(CNC(=O)c2cccs2)n(-c2ccc(C(F)(F)F)cc2C(=O)c2ccccc2)c1. The van der Waals surface area contributed by atoms with Crippen LogP contribution in [-0.4, -0.2) is 16.3 Å². The molecule has 0 aliphatic carbocycles. The Morgan fingerprint density at radius 1 is 1.00 bits per heavy atom. The van der Waals surface area contributed by atoms with E-state index in [4.69, 9.17) is 0 Å². The third-order valence-corrected chi connectivity index (χ3v) is 6.27. The number of carbonyl (C=O) groups excluding carboxylic acids is 2. The van der Waals surface area contributed by atoms with Gasteiger partial charge in [-0.15, -0.1) is 11.3 Å². The van der Waals surface area contributed by atoms with Crippen molar-refractivity contribution >= 4 is 23.0 Å². The van der Waals surface area contributed by atoms with Gasteiger partial charge in [-0.05, 0) is 47.7 Å². The van der Waals surface area contributed by atoms with E-state index >= 15 is 0 Å². The molecule has 4 rings (SSSR count). The number of hydrogen-bond acceptors (Lipinski definition) is 3. The molecule has 4 nitrogen and oxygen atoms in total. The van der Waals surface area contributed by atoms with Crippen molar-refractivity contribution in [3.05, 3.63) is 111 Å². The van der Waals surface area contributed by atoms with Crippen molar-refractivity contribution in [1.29, 1.82) is 0 Å². The minimum Gasteiger partial charge on any atom is -0.346 e. The third-order valence-electron chi connectivity index (χ3n) is 5.40. The summed E-state index contributed by atoms with van der Waals surface area (Å²) in [5.41, 5.74) is 1.23. The number of aryl methyl sites for hydroxylation is 1. The summed E-state index contributed by atoms with van der Waals surface area (Å²) in [7, 11) is 0. The second-order valence-electron chi connectivity index (χ2n) is 7.65. The van der Waals surface area contributed by atoms with E-state index in [1.54, 1.807) is 58.6 Å². The van der Waals surface area contributed by atoms with Gasteiger partial charge in [-0.1, -0.05) is 43.3 Å². The van der Waals surface area contributed by atoms with E-state index in [0.29, 0.717) is 28.2 Å². The molecule has 0 atom stereocenters. The lowest BCUT2D eigenvalue weighted by Crippen LogP contribution is -2.23. The summed E-state index contributed by atoms with van der Waals surface area (Å²) in [4.78, 5) is 26.3. The largest absolute Gasteiger partial charge is 0.416 e. The molecule has 0 bridgehead atoms. The monoisotopic (exact) mass is 482 g/mol. The molecule has 2 aromatic carbocycles. The number of ketones is 1. The maximum atomic E-state index is 13.5. The predicted molar refractivity (Wildman–Crippen MR) is 126 cm³/mol. The smallest absolute Gasteiger partial charge is 0.346 e. The van der Waals surface area contributed by atoms with Crippen LogP contribution in [0.15, 0.2) is 78.3 Å². The van der Waals surface area contributed by atoms with E-state index in [1.165, 1.54) is 17.4 Å². The number of halogens is 3. The van der Waals surface area contributed by atoms with Crippen molar-refractivity contribution in [1.82, 2.24) is 9.88 Å². The molecule has 0 saturated heterocycles. The summed E-state index contributed by atoms with van der Waals surface area (Å²) >= 11 is 1.31. The lowest BCUT2D eigenvalue weighted by atomic mass is 9.99. The van der Waals surface area contributed by atoms with Crippen LogP contribution in [0.25, 0.3) is 5.69 Å². The first-order valence-electron chi connectivity index (χ1n) is 10.6. The van der Waals surface area contributed by atoms with Gasteiger partial charge in [0.2, 0.25) is 0 Å². The summed E-state index contributed by atoms with van der Waals surface area (Å²) in [6.45, 7) is 2.10. The van der Waals surface area contributed by atoms with Crippen LogP contribution in [0, 0.1) is 0 Å². The van der Waals surface area contributed by atoms with Crippen LogP contribution in [0.5, 0.6) is 0 Å². The van der Waals surface area contributed by atoms with E-state index < -0.39 is 17.5 Å². The lowest BCUT2D eigenvalue weighted by molar-refractivity contribution is -0.137. The zero-order chi connectivity index (χ0) is 24.3. The molecule has 2 heterocycles. The van der Waals surface area contributed by atoms with Crippen LogP contribution in [0.1, 0.15) is 49.3 Å². The second kappa shape index (κ2) is 9.69. The molecule has 0 aliphatic heterocycles. The quantitative estimate of drug-likeness (QED) is 0.315. The van der Waals surface area contributed by atoms with Crippen LogP contribution in [0.2, 0.25) is 0 Å². The summed E-state index contributed by atoms with van der Waals surface area (Å²) < 4.78 is 42.1. The van der Waals surface area contributed by atoms with Crippen molar-refractivity contribution in [2.24, 2.45) is 0 Å². The Balaban J connectivity index is 1.78. The molecule has 1 N–H and O–H groups in total. The Labute approximate surface area is 198 Å². The molecule has 0 unspecified atom stereocenters. The van der Waals surface area contributed by atoms with E-state index in [0.717, 1.165) is 17.7 Å². The van der Waals surface area contributed by atoms with Crippen molar-refractivity contribution in [2.75, 3.05) is 0 Å². The van der Waals surface area contributed by atoms with Gasteiger partial charge in [0.1, 0.15) is 0 Å². The van der Waals surface area contributed by atoms with E-state index in [-0.39, 0.29) is 18.0 Å². The van der Waals surface area contributed by atoms with Gasteiger partial charge < -0.3 is 9.88 Å². The van der Waals surface area contributed by atoms with Crippen LogP contribution in [0.3, 0.4) is 0 Å². The van der Waals surface area contributed by atoms with E-state index in [2.05, 4.69) is 5.32 Å². The highest BCUT2D eigenvalue weighted by molar-refractivity contribution is 7.12. The average molecular weight is 483 g/mol. The molecule has 0 saturated carbocycles. The van der Waals surface area contributed by atoms with Crippen LogP contribution in [-0.2, 0) is 19.1 Å². The predicted octanol–water partition coefficient (Wildman–Crippen LogP) is 6.28. The Morgan fingerprint density at radius 2 is 1.76 bits per heavy atom.